The van der Waals surface area contributed by atoms with Crippen LogP contribution in [-0.4, -0.2) is 18.2 Å². The van der Waals surface area contributed by atoms with Crippen LogP contribution in [0.1, 0.15) is 20.8 Å². The van der Waals surface area contributed by atoms with Crippen molar-refractivity contribution >= 4 is 5.97 Å². The number of rotatable bonds is 0. The molecule has 0 N–H and O–H groups in total. The average molecular weight is 180 g/mol. The molecule has 0 aromatic heterocycles. The fourth-order valence-electron chi connectivity index (χ4n) is 1.79. The van der Waals surface area contributed by atoms with E-state index in [1.165, 1.54) is 0 Å². The first kappa shape index (κ1) is 8.35. The van der Waals surface area contributed by atoms with Gasteiger partial charge in [0.25, 0.3) is 0 Å². The van der Waals surface area contributed by atoms with Gasteiger partial charge in [0, 0.05) is 5.57 Å². The smallest absolute Gasteiger partial charge is 0.342 e. The monoisotopic (exact) mass is 180 g/mol. The Labute approximate surface area is 77.0 Å². The lowest BCUT2D eigenvalue weighted by Crippen LogP contribution is -2.23. The topological polar surface area (TPSA) is 35.5 Å². The number of fused-ring (bicyclic) bond motifs is 1. The van der Waals surface area contributed by atoms with Crippen LogP contribution >= 0.6 is 0 Å². The molecule has 0 aromatic rings. The molecule has 0 fully saturated rings. The van der Waals surface area contributed by atoms with Gasteiger partial charge in [-0.05, 0) is 26.8 Å². The lowest BCUT2D eigenvalue weighted by atomic mass is 9.99. The molecule has 2 aliphatic heterocycles. The Morgan fingerprint density at radius 2 is 2.00 bits per heavy atom. The van der Waals surface area contributed by atoms with Crippen LogP contribution in [-0.2, 0) is 14.3 Å². The van der Waals surface area contributed by atoms with Crippen LogP contribution in [0.4, 0.5) is 0 Å². The van der Waals surface area contributed by atoms with Crippen molar-refractivity contribution in [2.45, 2.75) is 33.0 Å². The van der Waals surface area contributed by atoms with Gasteiger partial charge < -0.3 is 9.47 Å². The van der Waals surface area contributed by atoms with E-state index < -0.39 is 0 Å². The first-order chi connectivity index (χ1) is 6.09. The third-order valence-electron chi connectivity index (χ3n) is 2.34. The summed E-state index contributed by atoms with van der Waals surface area (Å²) in [6.45, 7) is 5.58. The highest BCUT2D eigenvalue weighted by atomic mass is 16.5. The number of carbonyl (C=O) groups is 1. The van der Waals surface area contributed by atoms with E-state index in [2.05, 4.69) is 0 Å². The Balaban J connectivity index is 2.49. The van der Waals surface area contributed by atoms with Gasteiger partial charge in [-0.15, -0.1) is 0 Å². The maximum absolute atomic E-state index is 11.4. The number of esters is 1. The van der Waals surface area contributed by atoms with Gasteiger partial charge in [0.05, 0.1) is 0 Å². The van der Waals surface area contributed by atoms with E-state index in [4.69, 9.17) is 9.47 Å². The molecule has 0 aromatic carbocycles. The molecule has 2 rings (SSSR count). The molecule has 0 aliphatic carbocycles. The Hall–Kier alpha value is -1.25. The van der Waals surface area contributed by atoms with E-state index in [0.717, 1.165) is 5.57 Å². The predicted octanol–water partition coefficient (Wildman–Crippen LogP) is 1.55. The quantitative estimate of drug-likeness (QED) is 0.530. The Kier molecular flexibility index (Phi) is 1.68. The molecule has 0 saturated carbocycles. The van der Waals surface area contributed by atoms with E-state index in [-0.39, 0.29) is 18.2 Å². The van der Waals surface area contributed by atoms with E-state index in [1.54, 1.807) is 6.92 Å². The van der Waals surface area contributed by atoms with Gasteiger partial charge in [-0.2, -0.15) is 0 Å². The molecule has 0 saturated heterocycles. The summed E-state index contributed by atoms with van der Waals surface area (Å²) < 4.78 is 10.5. The van der Waals surface area contributed by atoms with Crippen LogP contribution < -0.4 is 0 Å². The van der Waals surface area contributed by atoms with Crippen molar-refractivity contribution in [2.24, 2.45) is 0 Å². The third-order valence-corrected chi connectivity index (χ3v) is 2.34. The highest BCUT2D eigenvalue weighted by Crippen LogP contribution is 2.34. The normalized spacial score (nSPS) is 32.2. The summed E-state index contributed by atoms with van der Waals surface area (Å²) in [6.07, 6.45) is 1.80. The molecule has 13 heavy (non-hydrogen) atoms. The van der Waals surface area contributed by atoms with Crippen LogP contribution in [0.2, 0.25) is 0 Å². The van der Waals surface area contributed by atoms with Gasteiger partial charge >= 0.3 is 5.97 Å². The van der Waals surface area contributed by atoms with Crippen molar-refractivity contribution < 1.29 is 14.3 Å². The molecule has 2 atom stereocenters. The highest BCUT2D eigenvalue weighted by Gasteiger charge is 2.35. The number of hydrogen-bond donors (Lipinski definition) is 0. The number of allylic oxidation sites excluding steroid dienone is 1. The number of hydrogen-bond acceptors (Lipinski definition) is 3. The molecule has 70 valence electrons. The third kappa shape index (κ3) is 1.15. The van der Waals surface area contributed by atoms with Crippen molar-refractivity contribution in [1.29, 1.82) is 0 Å². The maximum atomic E-state index is 11.4. The zero-order valence-electron chi connectivity index (χ0n) is 7.96. The SMILES string of the molecule is CC1=C2C(=O)OC(C)C=C2C(C)O1. The van der Waals surface area contributed by atoms with Crippen molar-refractivity contribution in [3.8, 4) is 0 Å². The van der Waals surface area contributed by atoms with Crippen LogP contribution in [0, 0.1) is 0 Å². The highest BCUT2D eigenvalue weighted by molar-refractivity contribution is 5.96. The average Bonchev–Trinajstić information content (AvgIpc) is 2.27. The van der Waals surface area contributed by atoms with Gasteiger partial charge in [-0.1, -0.05) is 0 Å². The van der Waals surface area contributed by atoms with E-state index in [0.29, 0.717) is 11.3 Å². The van der Waals surface area contributed by atoms with Crippen molar-refractivity contribution in [1.82, 2.24) is 0 Å². The molecule has 3 heteroatoms. The van der Waals surface area contributed by atoms with E-state index in [1.807, 2.05) is 19.9 Å². The molecule has 0 bridgehead atoms. The number of ether oxygens (including phenoxy) is 2. The zero-order valence-corrected chi connectivity index (χ0v) is 7.96. The standard InChI is InChI=1S/C10H12O3/c1-5-4-8-6(2)13-7(3)9(8)10(11)12-5/h4-6H,1-3H3. The van der Waals surface area contributed by atoms with Gasteiger partial charge in [0.15, 0.2) is 0 Å². The van der Waals surface area contributed by atoms with Crippen LogP contribution in [0.3, 0.4) is 0 Å². The van der Waals surface area contributed by atoms with Gasteiger partial charge in [0.1, 0.15) is 23.5 Å². The van der Waals surface area contributed by atoms with Crippen LogP contribution in [0.25, 0.3) is 0 Å². The molecular weight excluding hydrogens is 168 g/mol. The van der Waals surface area contributed by atoms with E-state index in [9.17, 15) is 4.79 Å². The molecule has 0 spiro atoms. The summed E-state index contributed by atoms with van der Waals surface area (Å²) in [5.41, 5.74) is 1.59. The molecule has 2 unspecified atom stereocenters. The summed E-state index contributed by atoms with van der Waals surface area (Å²) in [5.74, 6) is 0.419. The zero-order chi connectivity index (χ0) is 9.59. The lowest BCUT2D eigenvalue weighted by Gasteiger charge is -2.18. The second-order valence-electron chi connectivity index (χ2n) is 3.42. The molecular formula is C10H12O3. The summed E-state index contributed by atoms with van der Waals surface area (Å²) in [4.78, 5) is 11.4. The summed E-state index contributed by atoms with van der Waals surface area (Å²) >= 11 is 0. The number of carbonyl (C=O) groups excluding carboxylic acids is 1. The Morgan fingerprint density at radius 3 is 2.69 bits per heavy atom. The first-order valence-corrected chi connectivity index (χ1v) is 4.40. The summed E-state index contributed by atoms with van der Waals surface area (Å²) in [5, 5.41) is 0. The fraction of sp³-hybridized carbons (Fsp3) is 0.500. The minimum atomic E-state index is -0.258. The minimum absolute atomic E-state index is 0.00898. The van der Waals surface area contributed by atoms with Gasteiger partial charge in [0.2, 0.25) is 0 Å². The van der Waals surface area contributed by atoms with E-state index >= 15 is 0 Å². The second-order valence-corrected chi connectivity index (χ2v) is 3.42. The van der Waals surface area contributed by atoms with Gasteiger partial charge in [-0.25, -0.2) is 4.79 Å². The maximum Gasteiger partial charge on any atom is 0.342 e. The lowest BCUT2D eigenvalue weighted by molar-refractivity contribution is -0.142. The molecule has 0 radical (unpaired) electrons. The largest absolute Gasteiger partial charge is 0.490 e. The molecule has 2 heterocycles. The van der Waals surface area contributed by atoms with Crippen molar-refractivity contribution in [3.63, 3.8) is 0 Å². The second kappa shape index (κ2) is 2.62. The Morgan fingerprint density at radius 1 is 1.31 bits per heavy atom. The Bertz CT molecular complexity index is 325. The fourth-order valence-corrected chi connectivity index (χ4v) is 1.79. The summed E-state index contributed by atoms with van der Waals surface area (Å²) in [7, 11) is 0. The molecule has 0 amide bonds. The predicted molar refractivity (Wildman–Crippen MR) is 46.9 cm³/mol. The minimum Gasteiger partial charge on any atom is -0.490 e. The number of cyclic esters (lactones) is 1. The van der Waals surface area contributed by atoms with Crippen molar-refractivity contribution in [3.05, 3.63) is 23.0 Å². The van der Waals surface area contributed by atoms with Gasteiger partial charge in [-0.3, -0.25) is 0 Å². The first-order valence-electron chi connectivity index (χ1n) is 4.40. The van der Waals surface area contributed by atoms with Crippen LogP contribution in [0.5, 0.6) is 0 Å². The molecule has 2 aliphatic rings. The van der Waals surface area contributed by atoms with Crippen LogP contribution in [0.15, 0.2) is 23.0 Å². The van der Waals surface area contributed by atoms with Crippen molar-refractivity contribution in [2.75, 3.05) is 0 Å². The summed E-state index contributed by atoms with van der Waals surface area (Å²) in [6, 6.07) is 0. The molecule has 3 nitrogen and oxygen atoms in total.